The molecule has 12 aromatic rings. The largest absolute Gasteiger partial charge is 0.454 e. The summed E-state index contributed by atoms with van der Waals surface area (Å²) >= 11 is 0. The number of nitrogens with zero attached hydrogens (tertiary/aromatic N) is 2. The van der Waals surface area contributed by atoms with Crippen molar-refractivity contribution in [3.05, 3.63) is 218 Å². The Morgan fingerprint density at radius 3 is 1.70 bits per heavy atom. The van der Waals surface area contributed by atoms with Crippen LogP contribution in [-0.4, -0.2) is 8.07 Å². The Morgan fingerprint density at radius 1 is 0.359 bits per heavy atom. The van der Waals surface area contributed by atoms with E-state index >= 15 is 0 Å². The van der Waals surface area contributed by atoms with Crippen molar-refractivity contribution in [2.45, 2.75) is 13.1 Å². The van der Waals surface area contributed by atoms with Crippen molar-refractivity contribution in [1.29, 1.82) is 0 Å². The highest BCUT2D eigenvalue weighted by atomic mass is 28.3. The molecule has 11 aromatic carbocycles. The zero-order valence-electron chi connectivity index (χ0n) is 35.6. The third-order valence-corrected chi connectivity index (χ3v) is 17.3. The molecule has 0 radical (unpaired) electrons. The van der Waals surface area contributed by atoms with E-state index in [1.165, 1.54) is 59.5 Å². The minimum Gasteiger partial charge on any atom is -0.454 e. The van der Waals surface area contributed by atoms with E-state index in [4.69, 9.17) is 4.42 Å². The minimum absolute atomic E-state index is 0.863. The smallest absolute Gasteiger partial charge is 0.159 e. The second-order valence-corrected chi connectivity index (χ2v) is 22.0. The number of para-hydroxylation sites is 4. The highest BCUT2D eigenvalue weighted by Gasteiger charge is 2.38. The maximum Gasteiger partial charge on any atom is 0.159 e. The van der Waals surface area contributed by atoms with Crippen molar-refractivity contribution >= 4 is 107 Å². The Hall–Kier alpha value is -7.92. The molecule has 0 saturated carbocycles. The predicted octanol–water partition coefficient (Wildman–Crippen LogP) is 15.9. The van der Waals surface area contributed by atoms with Gasteiger partial charge in [-0.2, -0.15) is 0 Å². The molecule has 0 aliphatic carbocycles. The fourth-order valence-corrected chi connectivity index (χ4v) is 13.9. The number of rotatable bonds is 7. The van der Waals surface area contributed by atoms with Gasteiger partial charge in [0.1, 0.15) is 13.7 Å². The van der Waals surface area contributed by atoms with Crippen LogP contribution in [-0.2, 0) is 0 Å². The molecule has 0 N–H and O–H groups in total. The van der Waals surface area contributed by atoms with E-state index in [0.29, 0.717) is 0 Å². The fraction of sp³-hybridized carbons (Fsp3) is 0.0333. The average Bonchev–Trinajstić information content (AvgIpc) is 3.84. The topological polar surface area (TPSA) is 19.6 Å². The maximum absolute atomic E-state index is 6.82. The van der Waals surface area contributed by atoms with E-state index in [9.17, 15) is 0 Å². The molecule has 0 spiro atoms. The van der Waals surface area contributed by atoms with Crippen molar-refractivity contribution in [3.8, 4) is 22.3 Å². The van der Waals surface area contributed by atoms with Gasteiger partial charge in [-0.05, 0) is 103 Å². The first-order chi connectivity index (χ1) is 31.5. The van der Waals surface area contributed by atoms with E-state index in [1.807, 2.05) is 6.07 Å². The highest BCUT2D eigenvalue weighted by Crippen LogP contribution is 2.50. The molecule has 0 saturated heterocycles. The normalized spacial score (nSPS) is 13.0. The third-order valence-electron chi connectivity index (χ3n) is 13.8. The fourth-order valence-electron chi connectivity index (χ4n) is 10.8. The molecule has 13 rings (SSSR count). The van der Waals surface area contributed by atoms with E-state index in [0.717, 1.165) is 61.5 Å². The molecule has 0 amide bonds. The molecule has 0 fully saturated rings. The summed E-state index contributed by atoms with van der Waals surface area (Å²) < 4.78 is 6.82. The molecule has 0 unspecified atom stereocenters. The lowest BCUT2D eigenvalue weighted by atomic mass is 9.91. The van der Waals surface area contributed by atoms with E-state index in [-0.39, 0.29) is 0 Å². The quantitative estimate of drug-likeness (QED) is 0.118. The SMILES string of the molecule is C[Si]1(C)c2ccccc2-c2ccc(N(c3ccccc3)c3ccc4ccc5c(N(c6ccccc6-c6ccccc6)c6cccc7c6oc6ccccc67)ccc6ccc3c4c65)cc21. The van der Waals surface area contributed by atoms with Gasteiger partial charge >= 0.3 is 0 Å². The molecule has 2 heterocycles. The van der Waals surface area contributed by atoms with Crippen molar-refractivity contribution in [2.75, 3.05) is 9.80 Å². The first kappa shape index (κ1) is 36.7. The monoisotopic (exact) mass is 834 g/mol. The first-order valence-corrected chi connectivity index (χ1v) is 25.2. The maximum atomic E-state index is 6.82. The number of fused-ring (bicyclic) bond motifs is 6. The summed E-state index contributed by atoms with van der Waals surface area (Å²) in [6.45, 7) is 5.00. The second kappa shape index (κ2) is 14.0. The molecular formula is C60H42N2OSi. The molecule has 3 nitrogen and oxygen atoms in total. The molecule has 1 aromatic heterocycles. The molecule has 0 bridgehead atoms. The Balaban J connectivity index is 1.07. The zero-order chi connectivity index (χ0) is 42.5. The lowest BCUT2D eigenvalue weighted by Crippen LogP contribution is -2.49. The summed E-state index contributed by atoms with van der Waals surface area (Å²) in [5.41, 5.74) is 13.5. The second-order valence-electron chi connectivity index (χ2n) is 17.6. The highest BCUT2D eigenvalue weighted by molar-refractivity contribution is 7.03. The van der Waals surface area contributed by atoms with Crippen LogP contribution in [0.2, 0.25) is 13.1 Å². The van der Waals surface area contributed by atoms with Crippen LogP contribution < -0.4 is 20.2 Å². The van der Waals surface area contributed by atoms with Gasteiger partial charge in [-0.3, -0.25) is 0 Å². The summed E-state index contributed by atoms with van der Waals surface area (Å²) in [6, 6.07) is 80.1. The Kier molecular flexibility index (Phi) is 8.06. The van der Waals surface area contributed by atoms with Gasteiger partial charge in [0.25, 0.3) is 0 Å². The molecule has 302 valence electrons. The Labute approximate surface area is 373 Å². The summed E-state index contributed by atoms with van der Waals surface area (Å²) in [6.07, 6.45) is 0. The Morgan fingerprint density at radius 2 is 0.938 bits per heavy atom. The van der Waals surface area contributed by atoms with Gasteiger partial charge in [0.2, 0.25) is 0 Å². The van der Waals surface area contributed by atoms with Crippen molar-refractivity contribution in [1.82, 2.24) is 0 Å². The van der Waals surface area contributed by atoms with E-state index < -0.39 is 8.07 Å². The Bertz CT molecular complexity index is 3780. The number of anilines is 6. The molecule has 4 heteroatoms. The van der Waals surface area contributed by atoms with Gasteiger partial charge in [0.15, 0.2) is 5.58 Å². The summed E-state index contributed by atoms with van der Waals surface area (Å²) in [4.78, 5) is 4.91. The van der Waals surface area contributed by atoms with Gasteiger partial charge in [0.05, 0.1) is 22.7 Å². The predicted molar refractivity (Wildman–Crippen MR) is 274 cm³/mol. The molecule has 1 aliphatic heterocycles. The van der Waals surface area contributed by atoms with Gasteiger partial charge in [-0.1, -0.05) is 177 Å². The van der Waals surface area contributed by atoms with Crippen LogP contribution in [0.3, 0.4) is 0 Å². The van der Waals surface area contributed by atoms with Crippen molar-refractivity contribution in [2.24, 2.45) is 0 Å². The third kappa shape index (κ3) is 5.39. The van der Waals surface area contributed by atoms with Gasteiger partial charge in [-0.15, -0.1) is 0 Å². The van der Waals surface area contributed by atoms with E-state index in [1.54, 1.807) is 0 Å². The molecular weight excluding hydrogens is 793 g/mol. The van der Waals surface area contributed by atoms with Gasteiger partial charge < -0.3 is 14.2 Å². The summed E-state index contributed by atoms with van der Waals surface area (Å²) in [5, 5.41) is 12.5. The lowest BCUT2D eigenvalue weighted by Gasteiger charge is -2.30. The van der Waals surface area contributed by atoms with Crippen LogP contribution in [0.4, 0.5) is 34.1 Å². The van der Waals surface area contributed by atoms with Crippen LogP contribution in [0.5, 0.6) is 0 Å². The van der Waals surface area contributed by atoms with Gasteiger partial charge in [-0.25, -0.2) is 0 Å². The standard InChI is InChI=1S/C60H42N2OSi/c1-64(2)56-27-14-11-22-46(56)47-35-32-43(38-57(47)64)61(42-18-7-4-8-19-42)52-36-30-40-29-34-50-53(37-31-41-28-33-49(52)58(40)59(41)50)62(51-24-12-9-20-44(51)39-16-5-3-6-17-39)54-25-15-23-48-45-21-10-13-26-55(45)63-60(48)54/h3-38H,1-2H3. The van der Waals surface area contributed by atoms with Crippen LogP contribution in [0.25, 0.3) is 76.5 Å². The first-order valence-electron chi connectivity index (χ1n) is 22.2. The lowest BCUT2D eigenvalue weighted by molar-refractivity contribution is 0.669. The minimum atomic E-state index is -1.93. The average molecular weight is 835 g/mol. The molecule has 64 heavy (non-hydrogen) atoms. The number of furan rings is 1. The zero-order valence-corrected chi connectivity index (χ0v) is 36.6. The number of hydrogen-bond donors (Lipinski definition) is 0. The van der Waals surface area contributed by atoms with Crippen LogP contribution in [0.15, 0.2) is 223 Å². The number of hydrogen-bond acceptors (Lipinski definition) is 3. The van der Waals surface area contributed by atoms with Gasteiger partial charge in [0, 0.05) is 38.5 Å². The molecule has 0 atom stereocenters. The summed E-state index contributed by atoms with van der Waals surface area (Å²) in [7, 11) is -1.93. The number of benzene rings is 11. The van der Waals surface area contributed by atoms with Crippen LogP contribution in [0.1, 0.15) is 0 Å². The molecule has 1 aliphatic rings. The van der Waals surface area contributed by atoms with Crippen molar-refractivity contribution in [3.63, 3.8) is 0 Å². The van der Waals surface area contributed by atoms with Crippen LogP contribution in [0, 0.1) is 0 Å². The van der Waals surface area contributed by atoms with E-state index in [2.05, 4.69) is 235 Å². The van der Waals surface area contributed by atoms with Crippen LogP contribution >= 0.6 is 0 Å². The summed E-state index contributed by atoms with van der Waals surface area (Å²) in [5.74, 6) is 0. The van der Waals surface area contributed by atoms with Crippen molar-refractivity contribution < 1.29 is 4.42 Å².